The van der Waals surface area contributed by atoms with Gasteiger partial charge in [-0.05, 0) is 12.1 Å². The summed E-state index contributed by atoms with van der Waals surface area (Å²) in [5.41, 5.74) is 5.04. The van der Waals surface area contributed by atoms with Gasteiger partial charge in [-0.3, -0.25) is 4.79 Å². The Kier molecular flexibility index (Phi) is 3.47. The van der Waals surface area contributed by atoms with E-state index in [4.69, 9.17) is 5.73 Å². The van der Waals surface area contributed by atoms with Crippen molar-refractivity contribution in [3.8, 4) is 0 Å². The summed E-state index contributed by atoms with van der Waals surface area (Å²) in [6.45, 7) is 0. The number of halogens is 2. The van der Waals surface area contributed by atoms with Crippen molar-refractivity contribution >= 4 is 27.5 Å². The molecule has 1 aromatic carbocycles. The predicted molar refractivity (Wildman–Crippen MR) is 63.0 cm³/mol. The molecule has 0 spiro atoms. The lowest BCUT2D eigenvalue weighted by molar-refractivity contribution is -0.115. The fourth-order valence-corrected chi connectivity index (χ4v) is 1.84. The maximum atomic E-state index is 13.3. The Morgan fingerprint density at radius 1 is 1.33 bits per heavy atom. The summed E-state index contributed by atoms with van der Waals surface area (Å²) in [6, 6.07) is 3.42. The molecule has 5 nitrogen and oxygen atoms in total. The molecule has 2 rings (SSSR count). The summed E-state index contributed by atoms with van der Waals surface area (Å²) in [7, 11) is 0. The van der Waals surface area contributed by atoms with E-state index < -0.39 is 24.0 Å². The van der Waals surface area contributed by atoms with E-state index in [1.54, 1.807) is 0 Å². The molecule has 0 radical (unpaired) electrons. The standard InChI is InChI=1S/C10H8F2N4OS/c11-6-2-1-3-7(12)5(6)4-8(17)14-10-16-15-9(13)18-10/h1-3H,4H2,(H2,13,15)(H,14,16,17). The molecule has 0 bridgehead atoms. The highest BCUT2D eigenvalue weighted by Gasteiger charge is 2.14. The molecule has 0 unspecified atom stereocenters. The van der Waals surface area contributed by atoms with Gasteiger partial charge in [0.05, 0.1) is 6.42 Å². The average Bonchev–Trinajstić information content (AvgIpc) is 2.69. The van der Waals surface area contributed by atoms with Crippen molar-refractivity contribution in [3.63, 3.8) is 0 Å². The molecule has 1 amide bonds. The first-order chi connectivity index (χ1) is 8.56. The molecule has 0 aliphatic rings. The first-order valence-corrected chi connectivity index (χ1v) is 5.69. The van der Waals surface area contributed by atoms with Gasteiger partial charge in [-0.1, -0.05) is 17.4 Å². The fourth-order valence-electron chi connectivity index (χ4n) is 1.31. The number of hydrogen-bond donors (Lipinski definition) is 2. The average molecular weight is 270 g/mol. The van der Waals surface area contributed by atoms with Gasteiger partial charge in [0, 0.05) is 5.56 Å². The molecular weight excluding hydrogens is 262 g/mol. The minimum Gasteiger partial charge on any atom is -0.374 e. The van der Waals surface area contributed by atoms with Crippen LogP contribution in [0.5, 0.6) is 0 Å². The second kappa shape index (κ2) is 5.05. The Morgan fingerprint density at radius 2 is 2.00 bits per heavy atom. The van der Waals surface area contributed by atoms with E-state index in [2.05, 4.69) is 15.5 Å². The second-order valence-corrected chi connectivity index (χ2v) is 4.38. The number of benzene rings is 1. The number of amides is 1. The molecule has 0 fully saturated rings. The van der Waals surface area contributed by atoms with Gasteiger partial charge in [-0.15, -0.1) is 10.2 Å². The summed E-state index contributed by atoms with van der Waals surface area (Å²) in [5.74, 6) is -2.11. The third kappa shape index (κ3) is 2.77. The second-order valence-electron chi connectivity index (χ2n) is 3.37. The van der Waals surface area contributed by atoms with Crippen molar-refractivity contribution in [1.82, 2.24) is 10.2 Å². The van der Waals surface area contributed by atoms with Crippen LogP contribution in [0.2, 0.25) is 0 Å². The van der Waals surface area contributed by atoms with Crippen LogP contribution < -0.4 is 11.1 Å². The summed E-state index contributed by atoms with van der Waals surface area (Å²) in [4.78, 5) is 11.5. The SMILES string of the molecule is Nc1nnc(NC(=O)Cc2c(F)cccc2F)s1. The number of anilines is 2. The number of nitrogen functional groups attached to an aromatic ring is 1. The van der Waals surface area contributed by atoms with E-state index in [1.807, 2.05) is 0 Å². The van der Waals surface area contributed by atoms with E-state index in [-0.39, 0.29) is 15.8 Å². The highest BCUT2D eigenvalue weighted by Crippen LogP contribution is 2.18. The van der Waals surface area contributed by atoms with Crippen LogP contribution in [0.3, 0.4) is 0 Å². The molecule has 8 heteroatoms. The van der Waals surface area contributed by atoms with Crippen LogP contribution in [0.1, 0.15) is 5.56 Å². The molecule has 94 valence electrons. The first kappa shape index (κ1) is 12.4. The van der Waals surface area contributed by atoms with Crippen LogP contribution in [0, 0.1) is 11.6 Å². The molecule has 1 aromatic heterocycles. The summed E-state index contributed by atoms with van der Waals surface area (Å²) >= 11 is 0.971. The minimum absolute atomic E-state index is 0.189. The Morgan fingerprint density at radius 3 is 2.56 bits per heavy atom. The van der Waals surface area contributed by atoms with Crippen molar-refractivity contribution in [2.45, 2.75) is 6.42 Å². The predicted octanol–water partition coefficient (Wildman–Crippen LogP) is 1.58. The third-order valence-electron chi connectivity index (χ3n) is 2.09. The van der Waals surface area contributed by atoms with Gasteiger partial charge in [-0.2, -0.15) is 0 Å². The highest BCUT2D eigenvalue weighted by molar-refractivity contribution is 7.18. The lowest BCUT2D eigenvalue weighted by atomic mass is 10.1. The number of nitrogens with two attached hydrogens (primary N) is 1. The summed E-state index contributed by atoms with van der Waals surface area (Å²) in [5, 5.41) is 9.81. The quantitative estimate of drug-likeness (QED) is 0.887. The molecule has 1 heterocycles. The molecule has 0 atom stereocenters. The van der Waals surface area contributed by atoms with E-state index >= 15 is 0 Å². The van der Waals surface area contributed by atoms with Crippen LogP contribution in [0.25, 0.3) is 0 Å². The molecule has 0 aliphatic carbocycles. The number of nitrogens with zero attached hydrogens (tertiary/aromatic N) is 2. The summed E-state index contributed by atoms with van der Waals surface area (Å²) in [6.07, 6.45) is -0.419. The lowest BCUT2D eigenvalue weighted by Gasteiger charge is -2.04. The molecule has 0 aliphatic heterocycles. The Balaban J connectivity index is 2.08. The Hall–Kier alpha value is -2.09. The van der Waals surface area contributed by atoms with Crippen LogP contribution in [-0.2, 0) is 11.2 Å². The molecule has 2 aromatic rings. The van der Waals surface area contributed by atoms with Gasteiger partial charge < -0.3 is 11.1 Å². The van der Waals surface area contributed by atoms with Crippen molar-refractivity contribution in [2.24, 2.45) is 0 Å². The zero-order valence-electron chi connectivity index (χ0n) is 8.98. The van der Waals surface area contributed by atoms with Crippen molar-refractivity contribution in [1.29, 1.82) is 0 Å². The highest BCUT2D eigenvalue weighted by atomic mass is 32.1. The monoisotopic (exact) mass is 270 g/mol. The van der Waals surface area contributed by atoms with Gasteiger partial charge in [0.1, 0.15) is 11.6 Å². The first-order valence-electron chi connectivity index (χ1n) is 4.88. The molecule has 0 saturated carbocycles. The van der Waals surface area contributed by atoms with Crippen molar-refractivity contribution < 1.29 is 13.6 Å². The topological polar surface area (TPSA) is 80.9 Å². The Bertz CT molecular complexity index is 567. The largest absolute Gasteiger partial charge is 0.374 e. The van der Waals surface area contributed by atoms with Gasteiger partial charge in [0.15, 0.2) is 0 Å². The van der Waals surface area contributed by atoms with Crippen molar-refractivity contribution in [2.75, 3.05) is 11.1 Å². The molecule has 0 saturated heterocycles. The van der Waals surface area contributed by atoms with Crippen LogP contribution in [-0.4, -0.2) is 16.1 Å². The number of carbonyl (C=O) groups excluding carboxylic acids is 1. The fraction of sp³-hybridized carbons (Fsp3) is 0.100. The van der Waals surface area contributed by atoms with Crippen molar-refractivity contribution in [3.05, 3.63) is 35.4 Å². The zero-order chi connectivity index (χ0) is 13.1. The number of aromatic nitrogens is 2. The van der Waals surface area contributed by atoms with Crippen LogP contribution >= 0.6 is 11.3 Å². The molecule has 3 N–H and O–H groups in total. The lowest BCUT2D eigenvalue weighted by Crippen LogP contribution is -2.16. The van der Waals surface area contributed by atoms with Crippen LogP contribution in [0.15, 0.2) is 18.2 Å². The van der Waals surface area contributed by atoms with Gasteiger partial charge >= 0.3 is 0 Å². The van der Waals surface area contributed by atoms with E-state index in [0.29, 0.717) is 0 Å². The normalized spacial score (nSPS) is 10.3. The summed E-state index contributed by atoms with van der Waals surface area (Å²) < 4.78 is 26.6. The number of rotatable bonds is 3. The molecule has 18 heavy (non-hydrogen) atoms. The van der Waals surface area contributed by atoms with E-state index in [9.17, 15) is 13.6 Å². The molecular formula is C10H8F2N4OS. The van der Waals surface area contributed by atoms with Gasteiger partial charge in [0.2, 0.25) is 16.2 Å². The third-order valence-corrected chi connectivity index (χ3v) is 2.75. The number of nitrogens with one attached hydrogen (secondary N) is 1. The van der Waals surface area contributed by atoms with Crippen LogP contribution in [0.4, 0.5) is 19.0 Å². The maximum absolute atomic E-state index is 13.3. The Labute approximate surface area is 105 Å². The zero-order valence-corrected chi connectivity index (χ0v) is 9.80. The maximum Gasteiger partial charge on any atom is 0.230 e. The van der Waals surface area contributed by atoms with Gasteiger partial charge in [0.25, 0.3) is 0 Å². The van der Waals surface area contributed by atoms with Gasteiger partial charge in [-0.25, -0.2) is 8.78 Å². The van der Waals surface area contributed by atoms with E-state index in [1.165, 1.54) is 6.07 Å². The number of hydrogen-bond acceptors (Lipinski definition) is 5. The minimum atomic E-state index is -0.762. The smallest absolute Gasteiger partial charge is 0.230 e. The number of carbonyl (C=O) groups is 1. The van der Waals surface area contributed by atoms with E-state index in [0.717, 1.165) is 23.5 Å².